The molecular weight excluding hydrogens is 321 g/mol. The van der Waals surface area contributed by atoms with Crippen LogP contribution in [0.2, 0.25) is 0 Å². The summed E-state index contributed by atoms with van der Waals surface area (Å²) in [7, 11) is 0. The van der Waals surface area contributed by atoms with Gasteiger partial charge in [-0.15, -0.1) is 11.8 Å². The van der Waals surface area contributed by atoms with E-state index < -0.39 is 0 Å². The first kappa shape index (κ1) is 16.5. The zero-order valence-corrected chi connectivity index (χ0v) is 13.9. The Morgan fingerprint density at radius 3 is 2.83 bits per heavy atom. The van der Waals surface area contributed by atoms with Gasteiger partial charge >= 0.3 is 0 Å². The van der Waals surface area contributed by atoms with Crippen LogP contribution in [0.25, 0.3) is 0 Å². The molecule has 0 saturated carbocycles. The molecule has 122 valence electrons. The molecule has 1 aliphatic heterocycles. The van der Waals surface area contributed by atoms with Crippen molar-refractivity contribution in [3.63, 3.8) is 0 Å². The second-order valence-corrected chi connectivity index (χ2v) is 6.38. The second-order valence-electron chi connectivity index (χ2n) is 5.44. The molecule has 2 N–H and O–H groups in total. The van der Waals surface area contributed by atoms with Gasteiger partial charge in [-0.1, -0.05) is 30.3 Å². The Morgan fingerprint density at radius 1 is 1.29 bits per heavy atom. The maximum atomic E-state index is 13.8. The van der Waals surface area contributed by atoms with Crippen molar-refractivity contribution in [2.24, 2.45) is 5.92 Å². The first-order valence-corrected chi connectivity index (χ1v) is 8.76. The van der Waals surface area contributed by atoms with Gasteiger partial charge in [0.15, 0.2) is 0 Å². The molecule has 2 heterocycles. The molecule has 5 heteroatoms. The van der Waals surface area contributed by atoms with Crippen LogP contribution in [-0.2, 0) is 6.54 Å². The van der Waals surface area contributed by atoms with Gasteiger partial charge in [-0.3, -0.25) is 10.4 Å². The zero-order chi connectivity index (χ0) is 16.8. The van der Waals surface area contributed by atoms with Gasteiger partial charge in [0.25, 0.3) is 0 Å². The maximum Gasteiger partial charge on any atom is 0.128 e. The Labute approximate surface area is 145 Å². The molecular formula is C19H18FN3S. The molecule has 24 heavy (non-hydrogen) atoms. The molecule has 1 aromatic carbocycles. The largest absolute Gasteiger partial charge is 0.384 e. The minimum atomic E-state index is -0.222. The Hall–Kier alpha value is -2.40. The topological polar surface area (TPSA) is 48.8 Å². The molecule has 0 amide bonds. The van der Waals surface area contributed by atoms with Crippen LogP contribution in [0.5, 0.6) is 0 Å². The van der Waals surface area contributed by atoms with Gasteiger partial charge in [0.2, 0.25) is 0 Å². The fraction of sp³-hybridized carbons (Fsp3) is 0.158. The number of hydrogen-bond donors (Lipinski definition) is 2. The average Bonchev–Trinajstić information content (AvgIpc) is 3.15. The van der Waals surface area contributed by atoms with Crippen molar-refractivity contribution in [1.82, 2.24) is 10.3 Å². The van der Waals surface area contributed by atoms with Gasteiger partial charge in [0, 0.05) is 35.7 Å². The number of rotatable bonds is 6. The number of allylic oxidation sites excluding steroid dienone is 2. The summed E-state index contributed by atoms with van der Waals surface area (Å²) in [6.45, 7) is 0.392. The minimum Gasteiger partial charge on any atom is -0.384 e. The van der Waals surface area contributed by atoms with E-state index in [0.29, 0.717) is 23.5 Å². The Balaban J connectivity index is 1.79. The third-order valence-electron chi connectivity index (χ3n) is 3.76. The molecule has 0 radical (unpaired) electrons. The Kier molecular flexibility index (Phi) is 5.43. The van der Waals surface area contributed by atoms with Crippen molar-refractivity contribution >= 4 is 17.5 Å². The van der Waals surface area contributed by atoms with E-state index in [1.165, 1.54) is 6.07 Å². The SMILES string of the molecule is N=C(/C=C(\NCc1ccccc1F)C1C=CSC1)c1ccccn1. The lowest BCUT2D eigenvalue weighted by Crippen LogP contribution is -2.21. The van der Waals surface area contributed by atoms with Gasteiger partial charge in [-0.05, 0) is 29.7 Å². The van der Waals surface area contributed by atoms with Crippen molar-refractivity contribution in [3.8, 4) is 0 Å². The van der Waals surface area contributed by atoms with Crippen molar-refractivity contribution in [2.45, 2.75) is 6.54 Å². The van der Waals surface area contributed by atoms with Crippen molar-refractivity contribution in [2.75, 3.05) is 5.75 Å². The highest BCUT2D eigenvalue weighted by molar-refractivity contribution is 8.02. The van der Waals surface area contributed by atoms with Crippen molar-refractivity contribution in [1.29, 1.82) is 5.41 Å². The number of aromatic nitrogens is 1. The number of nitrogens with zero attached hydrogens (tertiary/aromatic N) is 1. The minimum absolute atomic E-state index is 0.200. The highest BCUT2D eigenvalue weighted by Crippen LogP contribution is 2.26. The summed E-state index contributed by atoms with van der Waals surface area (Å²) < 4.78 is 13.8. The number of halogens is 1. The predicted molar refractivity (Wildman–Crippen MR) is 97.5 cm³/mol. The summed E-state index contributed by atoms with van der Waals surface area (Å²) in [5, 5.41) is 13.6. The summed E-state index contributed by atoms with van der Waals surface area (Å²) >= 11 is 1.74. The van der Waals surface area contributed by atoms with E-state index in [9.17, 15) is 4.39 Å². The van der Waals surface area contributed by atoms with Gasteiger partial charge in [0.1, 0.15) is 5.82 Å². The van der Waals surface area contributed by atoms with E-state index in [1.54, 1.807) is 36.2 Å². The maximum absolute atomic E-state index is 13.8. The van der Waals surface area contributed by atoms with Crippen LogP contribution in [0.1, 0.15) is 11.3 Å². The Bertz CT molecular complexity index is 771. The van der Waals surface area contributed by atoms with E-state index in [4.69, 9.17) is 5.41 Å². The van der Waals surface area contributed by atoms with E-state index in [1.807, 2.05) is 24.3 Å². The van der Waals surface area contributed by atoms with Crippen molar-refractivity contribution < 1.29 is 4.39 Å². The van der Waals surface area contributed by atoms with Gasteiger partial charge in [-0.25, -0.2) is 4.39 Å². The second kappa shape index (κ2) is 7.93. The summed E-state index contributed by atoms with van der Waals surface area (Å²) in [6.07, 6.45) is 5.58. The average molecular weight is 339 g/mol. The molecule has 3 rings (SSSR count). The molecule has 1 aromatic heterocycles. The lowest BCUT2D eigenvalue weighted by Gasteiger charge is -2.16. The molecule has 0 saturated heterocycles. The van der Waals surface area contributed by atoms with Gasteiger partial charge in [0.05, 0.1) is 11.4 Å². The molecule has 3 nitrogen and oxygen atoms in total. The van der Waals surface area contributed by atoms with Crippen LogP contribution >= 0.6 is 11.8 Å². The van der Waals surface area contributed by atoms with E-state index in [0.717, 1.165) is 11.4 Å². The van der Waals surface area contributed by atoms with E-state index >= 15 is 0 Å². The molecule has 1 aliphatic rings. The standard InChI is InChI=1S/C19H18FN3S/c20-16-6-2-1-5-14(16)12-23-19(15-8-10-24-13-15)11-17(21)18-7-3-4-9-22-18/h1-11,15,21,23H,12-13H2/b19-11-,21-17?. The summed E-state index contributed by atoms with van der Waals surface area (Å²) in [4.78, 5) is 4.21. The number of hydrogen-bond acceptors (Lipinski definition) is 4. The lowest BCUT2D eigenvalue weighted by atomic mass is 10.0. The normalized spacial score (nSPS) is 17.0. The number of thioether (sulfide) groups is 1. The predicted octanol–water partition coefficient (Wildman–Crippen LogP) is 4.14. The molecule has 0 aliphatic carbocycles. The number of pyridine rings is 1. The van der Waals surface area contributed by atoms with Crippen molar-refractivity contribution in [3.05, 3.63) is 89.0 Å². The smallest absolute Gasteiger partial charge is 0.128 e. The van der Waals surface area contributed by atoms with Crippen LogP contribution in [-0.4, -0.2) is 16.4 Å². The highest BCUT2D eigenvalue weighted by atomic mass is 32.2. The van der Waals surface area contributed by atoms with Crippen LogP contribution in [0.3, 0.4) is 0 Å². The summed E-state index contributed by atoms with van der Waals surface area (Å²) in [6, 6.07) is 12.2. The number of benzene rings is 1. The number of nitrogens with one attached hydrogen (secondary N) is 2. The molecule has 1 atom stereocenters. The monoisotopic (exact) mass is 339 g/mol. The Morgan fingerprint density at radius 2 is 2.12 bits per heavy atom. The lowest BCUT2D eigenvalue weighted by molar-refractivity contribution is 0.595. The highest BCUT2D eigenvalue weighted by Gasteiger charge is 2.16. The van der Waals surface area contributed by atoms with E-state index in [-0.39, 0.29) is 11.7 Å². The van der Waals surface area contributed by atoms with Crippen LogP contribution in [0, 0.1) is 17.1 Å². The van der Waals surface area contributed by atoms with Gasteiger partial charge in [-0.2, -0.15) is 0 Å². The fourth-order valence-corrected chi connectivity index (χ4v) is 3.35. The molecule has 2 aromatic rings. The fourth-order valence-electron chi connectivity index (χ4n) is 2.44. The molecule has 1 unspecified atom stereocenters. The quantitative estimate of drug-likeness (QED) is 0.778. The van der Waals surface area contributed by atoms with E-state index in [2.05, 4.69) is 21.8 Å². The van der Waals surface area contributed by atoms with Crippen LogP contribution in [0.4, 0.5) is 4.39 Å². The first-order chi connectivity index (χ1) is 11.7. The molecule has 0 fully saturated rings. The molecule has 0 bridgehead atoms. The third-order valence-corrected chi connectivity index (χ3v) is 4.66. The van der Waals surface area contributed by atoms with Gasteiger partial charge < -0.3 is 5.32 Å². The van der Waals surface area contributed by atoms with Crippen LogP contribution in [0.15, 0.2) is 71.9 Å². The van der Waals surface area contributed by atoms with Crippen LogP contribution < -0.4 is 5.32 Å². The molecule has 0 spiro atoms. The summed E-state index contributed by atoms with van der Waals surface area (Å²) in [5.74, 6) is 0.900. The first-order valence-electron chi connectivity index (χ1n) is 7.71. The zero-order valence-electron chi connectivity index (χ0n) is 13.1. The third kappa shape index (κ3) is 4.11. The summed E-state index contributed by atoms with van der Waals surface area (Å²) in [5.41, 5.74) is 2.49.